The molecule has 21 heavy (non-hydrogen) atoms. The van der Waals surface area contributed by atoms with E-state index in [0.29, 0.717) is 6.42 Å². The number of pyridine rings is 1. The van der Waals surface area contributed by atoms with Crippen molar-refractivity contribution in [3.8, 4) is 0 Å². The van der Waals surface area contributed by atoms with Crippen LogP contribution in [-0.4, -0.2) is 14.5 Å². The molecule has 108 valence electrons. The highest BCUT2D eigenvalue weighted by Gasteiger charge is 2.18. The van der Waals surface area contributed by atoms with Crippen molar-refractivity contribution in [2.45, 2.75) is 32.8 Å². The van der Waals surface area contributed by atoms with E-state index in [-0.39, 0.29) is 0 Å². The number of nitrogens with zero attached hydrogens (tertiary/aromatic N) is 2. The zero-order chi connectivity index (χ0) is 14.8. The number of aliphatic hydroxyl groups is 1. The molecule has 2 heterocycles. The van der Waals surface area contributed by atoms with Crippen molar-refractivity contribution in [1.29, 1.82) is 0 Å². The molecule has 0 bridgehead atoms. The van der Waals surface area contributed by atoms with Gasteiger partial charge in [-0.3, -0.25) is 0 Å². The first kappa shape index (κ1) is 13.8. The highest BCUT2D eigenvalue weighted by atomic mass is 16.3. The second-order valence-corrected chi connectivity index (χ2v) is 5.46. The molecule has 2 aromatic heterocycles. The second-order valence-electron chi connectivity index (χ2n) is 5.46. The first-order valence-electron chi connectivity index (χ1n) is 7.38. The van der Waals surface area contributed by atoms with Crippen LogP contribution in [0.25, 0.3) is 5.65 Å². The third-order valence-corrected chi connectivity index (χ3v) is 3.80. The molecular formula is C18H20N2O. The smallest absolute Gasteiger partial charge is 0.137 e. The van der Waals surface area contributed by atoms with Gasteiger partial charge in [0.05, 0.1) is 17.5 Å². The Morgan fingerprint density at radius 1 is 1.19 bits per heavy atom. The predicted molar refractivity (Wildman–Crippen MR) is 84.4 cm³/mol. The number of benzene rings is 1. The van der Waals surface area contributed by atoms with Crippen molar-refractivity contribution in [2.24, 2.45) is 0 Å². The van der Waals surface area contributed by atoms with Gasteiger partial charge in [0.15, 0.2) is 0 Å². The molecule has 1 aromatic carbocycles. The highest BCUT2D eigenvalue weighted by molar-refractivity contribution is 5.45. The lowest BCUT2D eigenvalue weighted by atomic mass is 10.0. The lowest BCUT2D eigenvalue weighted by Gasteiger charge is -2.10. The van der Waals surface area contributed by atoms with Gasteiger partial charge in [0, 0.05) is 12.6 Å². The van der Waals surface area contributed by atoms with E-state index < -0.39 is 6.10 Å². The quantitative estimate of drug-likeness (QED) is 0.791. The lowest BCUT2D eigenvalue weighted by Crippen LogP contribution is -2.04. The molecule has 1 unspecified atom stereocenters. The van der Waals surface area contributed by atoms with E-state index in [9.17, 15) is 5.11 Å². The average Bonchev–Trinajstić information content (AvgIpc) is 2.84. The van der Waals surface area contributed by atoms with Gasteiger partial charge in [0.2, 0.25) is 0 Å². The van der Waals surface area contributed by atoms with E-state index in [1.807, 2.05) is 35.7 Å². The summed E-state index contributed by atoms with van der Waals surface area (Å²) in [5.74, 6) is 0. The summed E-state index contributed by atoms with van der Waals surface area (Å²) in [7, 11) is 0. The number of rotatable bonds is 4. The van der Waals surface area contributed by atoms with Crippen molar-refractivity contribution in [3.05, 3.63) is 71.2 Å². The fraction of sp³-hybridized carbons (Fsp3) is 0.278. The minimum absolute atomic E-state index is 0.484. The van der Waals surface area contributed by atoms with Gasteiger partial charge in [-0.15, -0.1) is 0 Å². The average molecular weight is 280 g/mol. The van der Waals surface area contributed by atoms with Crippen LogP contribution in [0.3, 0.4) is 0 Å². The molecule has 0 radical (unpaired) electrons. The molecule has 1 N–H and O–H groups in total. The second kappa shape index (κ2) is 5.70. The maximum absolute atomic E-state index is 10.4. The summed E-state index contributed by atoms with van der Waals surface area (Å²) in [4.78, 5) is 4.71. The van der Waals surface area contributed by atoms with E-state index >= 15 is 0 Å². The Bertz CT molecular complexity index is 761. The van der Waals surface area contributed by atoms with Crippen LogP contribution in [0.15, 0.2) is 48.7 Å². The molecule has 0 aliphatic carbocycles. The Kier molecular flexibility index (Phi) is 3.76. The Labute approximate surface area is 124 Å². The van der Waals surface area contributed by atoms with Gasteiger partial charge in [-0.1, -0.05) is 42.8 Å². The van der Waals surface area contributed by atoms with Crippen molar-refractivity contribution in [3.63, 3.8) is 0 Å². The van der Waals surface area contributed by atoms with Crippen LogP contribution in [0.4, 0.5) is 0 Å². The van der Waals surface area contributed by atoms with Crippen LogP contribution in [0.1, 0.15) is 42.0 Å². The number of hydrogen-bond donors (Lipinski definition) is 1. The van der Waals surface area contributed by atoms with Gasteiger partial charge in [0.25, 0.3) is 0 Å². The number of aryl methyl sites for hydroxylation is 1. The molecule has 1 atom stereocenters. The van der Waals surface area contributed by atoms with Gasteiger partial charge in [-0.05, 0) is 31.0 Å². The van der Waals surface area contributed by atoms with Crippen LogP contribution >= 0.6 is 0 Å². The van der Waals surface area contributed by atoms with Gasteiger partial charge in [-0.2, -0.15) is 0 Å². The number of hydrogen-bond acceptors (Lipinski definition) is 2. The SMILES string of the molecule is CCC(O)c1c(Cc2cccc(C)c2)nc2ccccn12. The topological polar surface area (TPSA) is 37.5 Å². The summed E-state index contributed by atoms with van der Waals surface area (Å²) in [6, 6.07) is 14.4. The Hall–Kier alpha value is -2.13. The zero-order valence-electron chi connectivity index (χ0n) is 12.5. The minimum Gasteiger partial charge on any atom is -0.387 e. The minimum atomic E-state index is -0.484. The van der Waals surface area contributed by atoms with Gasteiger partial charge >= 0.3 is 0 Å². The van der Waals surface area contributed by atoms with Crippen LogP contribution < -0.4 is 0 Å². The molecule has 0 spiro atoms. The van der Waals surface area contributed by atoms with Gasteiger partial charge < -0.3 is 9.51 Å². The largest absolute Gasteiger partial charge is 0.387 e. The van der Waals surface area contributed by atoms with Crippen molar-refractivity contribution in [2.75, 3.05) is 0 Å². The highest BCUT2D eigenvalue weighted by Crippen LogP contribution is 2.24. The predicted octanol–water partition coefficient (Wildman–Crippen LogP) is 3.68. The van der Waals surface area contributed by atoms with Crippen molar-refractivity contribution >= 4 is 5.65 Å². The van der Waals surface area contributed by atoms with Crippen LogP contribution in [-0.2, 0) is 6.42 Å². The molecule has 0 amide bonds. The van der Waals surface area contributed by atoms with Crippen LogP contribution in [0, 0.1) is 6.92 Å². The molecule has 3 aromatic rings. The molecule has 0 aliphatic heterocycles. The van der Waals surface area contributed by atoms with E-state index in [1.54, 1.807) is 0 Å². The van der Waals surface area contributed by atoms with E-state index in [4.69, 9.17) is 4.98 Å². The lowest BCUT2D eigenvalue weighted by molar-refractivity contribution is 0.167. The number of imidazole rings is 1. The number of fused-ring (bicyclic) bond motifs is 1. The molecule has 0 saturated heterocycles. The summed E-state index contributed by atoms with van der Waals surface area (Å²) in [6.07, 6.45) is 2.91. The van der Waals surface area contributed by atoms with Gasteiger partial charge in [0.1, 0.15) is 5.65 Å². The third-order valence-electron chi connectivity index (χ3n) is 3.80. The van der Waals surface area contributed by atoms with Crippen LogP contribution in [0.5, 0.6) is 0 Å². The Morgan fingerprint density at radius 3 is 2.81 bits per heavy atom. The molecule has 3 nitrogen and oxygen atoms in total. The number of aromatic nitrogens is 2. The monoisotopic (exact) mass is 280 g/mol. The molecule has 0 saturated carbocycles. The van der Waals surface area contributed by atoms with E-state index in [2.05, 4.69) is 31.2 Å². The maximum Gasteiger partial charge on any atom is 0.137 e. The molecular weight excluding hydrogens is 260 g/mol. The molecule has 0 fully saturated rings. The summed E-state index contributed by atoms with van der Waals surface area (Å²) in [6.45, 7) is 4.08. The molecule has 0 aliphatic rings. The van der Waals surface area contributed by atoms with E-state index in [0.717, 1.165) is 23.5 Å². The fourth-order valence-electron chi connectivity index (χ4n) is 2.76. The Balaban J connectivity index is 2.08. The summed E-state index contributed by atoms with van der Waals surface area (Å²) >= 11 is 0. The third kappa shape index (κ3) is 2.69. The van der Waals surface area contributed by atoms with E-state index in [1.165, 1.54) is 11.1 Å². The van der Waals surface area contributed by atoms with Crippen LogP contribution in [0.2, 0.25) is 0 Å². The Morgan fingerprint density at radius 2 is 2.05 bits per heavy atom. The first-order chi connectivity index (χ1) is 10.2. The maximum atomic E-state index is 10.4. The van der Waals surface area contributed by atoms with Gasteiger partial charge in [-0.25, -0.2) is 4.98 Å². The molecule has 3 heteroatoms. The molecule has 3 rings (SSSR count). The standard InChI is InChI=1S/C18H20N2O/c1-3-16(21)18-15(12-14-8-6-7-13(2)11-14)19-17-9-4-5-10-20(17)18/h4-11,16,21H,3,12H2,1-2H3. The summed E-state index contributed by atoms with van der Waals surface area (Å²) in [5.41, 5.74) is 5.23. The van der Waals surface area contributed by atoms with Crippen molar-refractivity contribution in [1.82, 2.24) is 9.38 Å². The fourth-order valence-corrected chi connectivity index (χ4v) is 2.76. The number of aliphatic hydroxyl groups excluding tert-OH is 1. The van der Waals surface area contributed by atoms with Crippen molar-refractivity contribution < 1.29 is 5.11 Å². The first-order valence-corrected chi connectivity index (χ1v) is 7.38. The zero-order valence-corrected chi connectivity index (χ0v) is 12.5. The summed E-state index contributed by atoms with van der Waals surface area (Å²) < 4.78 is 2.00. The normalized spacial score (nSPS) is 12.7. The summed E-state index contributed by atoms with van der Waals surface area (Å²) in [5, 5.41) is 10.4.